The van der Waals surface area contributed by atoms with E-state index in [4.69, 9.17) is 14.2 Å². The van der Waals surface area contributed by atoms with Crippen molar-refractivity contribution in [1.82, 2.24) is 0 Å². The Morgan fingerprint density at radius 1 is 0.652 bits per heavy atom. The van der Waals surface area contributed by atoms with E-state index in [1.54, 1.807) is 0 Å². The van der Waals surface area contributed by atoms with Gasteiger partial charge in [-0.25, -0.2) is 0 Å². The summed E-state index contributed by atoms with van der Waals surface area (Å²) in [5.41, 5.74) is 0. The summed E-state index contributed by atoms with van der Waals surface area (Å²) in [6, 6.07) is 0. The van der Waals surface area contributed by atoms with Crippen molar-refractivity contribution in [2.24, 2.45) is 29.6 Å². The van der Waals surface area contributed by atoms with Crippen LogP contribution >= 0.6 is 0 Å². The van der Waals surface area contributed by atoms with Crippen LogP contribution in [-0.4, -0.2) is 30.7 Å². The third-order valence-electron chi connectivity index (χ3n) is 6.92. The Hall–Kier alpha value is -0.120. The first kappa shape index (κ1) is 19.2. The van der Waals surface area contributed by atoms with Gasteiger partial charge < -0.3 is 14.2 Å². The maximum absolute atomic E-state index is 6.58. The fourth-order valence-corrected chi connectivity index (χ4v) is 4.35. The van der Waals surface area contributed by atoms with E-state index in [2.05, 4.69) is 55.4 Å². The molecule has 6 unspecified atom stereocenters. The second kappa shape index (κ2) is 7.84. The normalized spacial score (nSPS) is 51.7. The van der Waals surface area contributed by atoms with Crippen LogP contribution in [-0.2, 0) is 14.2 Å². The minimum Gasteiger partial charge on any atom is -0.372 e. The molecule has 136 valence electrons. The molecule has 2 saturated heterocycles. The largest absolute Gasteiger partial charge is 0.372 e. The average Bonchev–Trinajstić information content (AvgIpc) is 2.55. The Kier molecular flexibility index (Phi) is 6.55. The summed E-state index contributed by atoms with van der Waals surface area (Å²) in [6.45, 7) is 18.1. The summed E-state index contributed by atoms with van der Waals surface area (Å²) in [5, 5.41) is 0. The summed E-state index contributed by atoms with van der Waals surface area (Å²) in [4.78, 5) is 0. The zero-order valence-corrected chi connectivity index (χ0v) is 16.4. The maximum atomic E-state index is 6.58. The lowest BCUT2D eigenvalue weighted by molar-refractivity contribution is -0.299. The predicted molar refractivity (Wildman–Crippen MR) is 94.3 cm³/mol. The molecule has 0 amide bonds. The first-order valence-electron chi connectivity index (χ1n) is 9.78. The van der Waals surface area contributed by atoms with Gasteiger partial charge in [-0.2, -0.15) is 0 Å². The summed E-state index contributed by atoms with van der Waals surface area (Å²) in [5.74, 6) is 2.65. The van der Waals surface area contributed by atoms with Crippen molar-refractivity contribution in [3.63, 3.8) is 0 Å². The molecule has 3 heteroatoms. The number of ether oxygens (including phenoxy) is 3. The summed E-state index contributed by atoms with van der Waals surface area (Å²) in [7, 11) is 0. The van der Waals surface area contributed by atoms with Gasteiger partial charge in [-0.1, -0.05) is 48.5 Å². The van der Waals surface area contributed by atoms with Crippen molar-refractivity contribution < 1.29 is 14.2 Å². The van der Waals surface area contributed by atoms with Crippen molar-refractivity contribution in [3.8, 4) is 0 Å². The molecule has 0 saturated carbocycles. The van der Waals surface area contributed by atoms with Crippen LogP contribution < -0.4 is 0 Å². The van der Waals surface area contributed by atoms with E-state index in [9.17, 15) is 0 Å². The first-order valence-corrected chi connectivity index (χ1v) is 9.78. The van der Waals surface area contributed by atoms with Crippen LogP contribution in [0, 0.1) is 29.6 Å². The molecule has 10 atom stereocenters. The average molecular weight is 327 g/mol. The van der Waals surface area contributed by atoms with Crippen LogP contribution in [0.1, 0.15) is 68.2 Å². The molecule has 0 N–H and O–H groups in total. The standard InChI is InChI=1S/C20H38O3/c1-9-17-13(5)11(3)15(7)20(22-17)23-19-14(6)12(4)16(8)21-18(19)10-2/h11-20H,9-10H2,1-8H3/t11?,12?,13-,14?,15?,16-,17?,18?,19-,20-/m0/s1. The van der Waals surface area contributed by atoms with Gasteiger partial charge in [0.1, 0.15) is 0 Å². The van der Waals surface area contributed by atoms with Crippen molar-refractivity contribution >= 4 is 0 Å². The van der Waals surface area contributed by atoms with E-state index in [0.717, 1.165) is 12.8 Å². The smallest absolute Gasteiger partial charge is 0.161 e. The van der Waals surface area contributed by atoms with Crippen molar-refractivity contribution in [1.29, 1.82) is 0 Å². The molecule has 0 radical (unpaired) electrons. The third kappa shape index (κ3) is 3.77. The minimum atomic E-state index is -0.100. The molecular formula is C20H38O3. The molecule has 0 spiro atoms. The van der Waals surface area contributed by atoms with Gasteiger partial charge in [0, 0.05) is 5.92 Å². The van der Waals surface area contributed by atoms with Crippen LogP contribution in [0.25, 0.3) is 0 Å². The van der Waals surface area contributed by atoms with Crippen LogP contribution in [0.5, 0.6) is 0 Å². The third-order valence-corrected chi connectivity index (χ3v) is 6.92. The fraction of sp³-hybridized carbons (Fsp3) is 1.00. The maximum Gasteiger partial charge on any atom is 0.161 e. The number of hydrogen-bond acceptors (Lipinski definition) is 3. The van der Waals surface area contributed by atoms with Crippen LogP contribution in [0.15, 0.2) is 0 Å². The molecule has 2 rings (SSSR count). The van der Waals surface area contributed by atoms with Crippen LogP contribution in [0.4, 0.5) is 0 Å². The van der Waals surface area contributed by atoms with Gasteiger partial charge in [-0.05, 0) is 43.4 Å². The number of rotatable bonds is 4. The fourth-order valence-electron chi connectivity index (χ4n) is 4.35. The molecule has 0 aliphatic carbocycles. The van der Waals surface area contributed by atoms with Gasteiger partial charge in [0.05, 0.1) is 24.4 Å². The van der Waals surface area contributed by atoms with Gasteiger partial charge in [-0.15, -0.1) is 0 Å². The van der Waals surface area contributed by atoms with E-state index in [-0.39, 0.29) is 18.5 Å². The molecule has 0 bridgehead atoms. The van der Waals surface area contributed by atoms with Gasteiger partial charge in [0.25, 0.3) is 0 Å². The Morgan fingerprint density at radius 3 is 1.83 bits per heavy atom. The highest BCUT2D eigenvalue weighted by atomic mass is 16.7. The lowest BCUT2D eigenvalue weighted by Gasteiger charge is -2.48. The first-order chi connectivity index (χ1) is 10.8. The summed E-state index contributed by atoms with van der Waals surface area (Å²) >= 11 is 0. The Bertz CT molecular complexity index is 368. The second-order valence-corrected chi connectivity index (χ2v) is 8.14. The lowest BCUT2D eigenvalue weighted by atomic mass is 9.77. The van der Waals surface area contributed by atoms with Crippen molar-refractivity contribution in [3.05, 3.63) is 0 Å². The molecule has 0 aromatic rings. The van der Waals surface area contributed by atoms with Crippen molar-refractivity contribution in [2.45, 2.75) is 98.9 Å². The topological polar surface area (TPSA) is 27.7 Å². The van der Waals surface area contributed by atoms with E-state index in [0.29, 0.717) is 41.8 Å². The molecule has 0 aromatic heterocycles. The molecule has 2 aliphatic heterocycles. The molecule has 2 aliphatic rings. The van der Waals surface area contributed by atoms with Crippen LogP contribution in [0.3, 0.4) is 0 Å². The van der Waals surface area contributed by atoms with Gasteiger partial charge >= 0.3 is 0 Å². The van der Waals surface area contributed by atoms with E-state index < -0.39 is 0 Å². The van der Waals surface area contributed by atoms with E-state index in [1.807, 2.05) is 0 Å². The monoisotopic (exact) mass is 326 g/mol. The highest BCUT2D eigenvalue weighted by molar-refractivity contribution is 4.89. The molecule has 3 nitrogen and oxygen atoms in total. The van der Waals surface area contributed by atoms with Crippen molar-refractivity contribution in [2.75, 3.05) is 0 Å². The molecule has 23 heavy (non-hydrogen) atoms. The number of hydrogen-bond donors (Lipinski definition) is 0. The Balaban J connectivity index is 2.11. The Labute approximate surface area is 143 Å². The van der Waals surface area contributed by atoms with Gasteiger partial charge in [-0.3, -0.25) is 0 Å². The van der Waals surface area contributed by atoms with E-state index in [1.165, 1.54) is 0 Å². The van der Waals surface area contributed by atoms with E-state index >= 15 is 0 Å². The molecule has 2 heterocycles. The highest BCUT2D eigenvalue weighted by Crippen LogP contribution is 2.40. The predicted octanol–water partition coefficient (Wildman–Crippen LogP) is 4.88. The molecular weight excluding hydrogens is 288 g/mol. The van der Waals surface area contributed by atoms with Gasteiger partial charge in [0.15, 0.2) is 6.29 Å². The quantitative estimate of drug-likeness (QED) is 0.736. The zero-order chi connectivity index (χ0) is 17.3. The molecule has 2 fully saturated rings. The van der Waals surface area contributed by atoms with Crippen LogP contribution in [0.2, 0.25) is 0 Å². The second-order valence-electron chi connectivity index (χ2n) is 8.14. The van der Waals surface area contributed by atoms with Gasteiger partial charge in [0.2, 0.25) is 0 Å². The SMILES string of the molecule is CCC1O[C@@H](O[C@@H]2C(CC)O[C@@H](C)C(C)C2C)C(C)C(C)[C@@H]1C. The zero-order valence-electron chi connectivity index (χ0n) is 16.4. The summed E-state index contributed by atoms with van der Waals surface area (Å²) < 4.78 is 19.2. The highest BCUT2D eigenvalue weighted by Gasteiger charge is 2.45. The summed E-state index contributed by atoms with van der Waals surface area (Å²) in [6.07, 6.45) is 2.88. The molecule has 0 aromatic carbocycles. The minimum absolute atomic E-state index is 0.100. The Morgan fingerprint density at radius 2 is 1.26 bits per heavy atom. The lowest BCUT2D eigenvalue weighted by Crippen LogP contribution is -2.54.